The molecule has 0 unspecified atom stereocenters. The summed E-state index contributed by atoms with van der Waals surface area (Å²) in [4.78, 5) is 12.3. The first-order valence-electron chi connectivity index (χ1n) is 5.81. The molecule has 2 rings (SSSR count). The van der Waals surface area contributed by atoms with Gasteiger partial charge in [0.05, 0.1) is 10.6 Å². The molecular weight excluding hydrogens is 373 g/mol. The zero-order valence-electron chi connectivity index (χ0n) is 10.6. The molecule has 0 atom stereocenters. The molecular formula is C15H13ClINO. The fourth-order valence-corrected chi connectivity index (χ4v) is 2.43. The van der Waals surface area contributed by atoms with Crippen LogP contribution >= 0.6 is 34.2 Å². The van der Waals surface area contributed by atoms with E-state index in [4.69, 9.17) is 11.6 Å². The average molecular weight is 386 g/mol. The first-order valence-corrected chi connectivity index (χ1v) is 7.26. The molecule has 2 nitrogen and oxygen atoms in total. The van der Waals surface area contributed by atoms with Crippen LogP contribution in [0.4, 0.5) is 5.69 Å². The first-order chi connectivity index (χ1) is 8.97. The summed E-state index contributed by atoms with van der Waals surface area (Å²) < 4.78 is 0.980. The summed E-state index contributed by atoms with van der Waals surface area (Å²) in [6.07, 6.45) is 0. The lowest BCUT2D eigenvalue weighted by atomic mass is 10.1. The lowest BCUT2D eigenvalue weighted by molar-refractivity contribution is 0.102. The van der Waals surface area contributed by atoms with Gasteiger partial charge < -0.3 is 5.32 Å². The Labute approximate surface area is 131 Å². The second kappa shape index (κ2) is 5.92. The summed E-state index contributed by atoms with van der Waals surface area (Å²) >= 11 is 8.22. The van der Waals surface area contributed by atoms with E-state index >= 15 is 0 Å². The Balaban J connectivity index is 2.30. The maximum absolute atomic E-state index is 12.3. The van der Waals surface area contributed by atoms with Crippen LogP contribution in [0.5, 0.6) is 0 Å². The third-order valence-corrected chi connectivity index (χ3v) is 3.81. The third kappa shape index (κ3) is 3.48. The van der Waals surface area contributed by atoms with Crippen LogP contribution < -0.4 is 5.32 Å². The number of carbonyl (C=O) groups is 1. The fourth-order valence-electron chi connectivity index (χ4n) is 1.73. The van der Waals surface area contributed by atoms with Crippen molar-refractivity contribution in [1.82, 2.24) is 0 Å². The van der Waals surface area contributed by atoms with Crippen molar-refractivity contribution in [3.8, 4) is 0 Å². The van der Waals surface area contributed by atoms with Gasteiger partial charge in [0.2, 0.25) is 0 Å². The Morgan fingerprint density at radius 2 is 1.89 bits per heavy atom. The van der Waals surface area contributed by atoms with E-state index in [0.717, 1.165) is 20.4 Å². The Morgan fingerprint density at radius 1 is 1.16 bits per heavy atom. The Morgan fingerprint density at radius 3 is 2.63 bits per heavy atom. The number of hydrogen-bond acceptors (Lipinski definition) is 1. The largest absolute Gasteiger partial charge is 0.322 e. The molecule has 0 aliphatic heterocycles. The van der Waals surface area contributed by atoms with Crippen molar-refractivity contribution < 1.29 is 4.79 Å². The maximum atomic E-state index is 12.3. The highest BCUT2D eigenvalue weighted by molar-refractivity contribution is 14.1. The van der Waals surface area contributed by atoms with Gasteiger partial charge in [-0.3, -0.25) is 4.79 Å². The zero-order chi connectivity index (χ0) is 14.0. The minimum atomic E-state index is -0.183. The molecule has 0 aliphatic carbocycles. The molecule has 1 amide bonds. The van der Waals surface area contributed by atoms with Gasteiger partial charge >= 0.3 is 0 Å². The predicted octanol–water partition coefficient (Wildman–Crippen LogP) is 4.81. The molecule has 1 N–H and O–H groups in total. The number of rotatable bonds is 2. The van der Waals surface area contributed by atoms with E-state index in [0.29, 0.717) is 10.6 Å². The second-order valence-corrected chi connectivity index (χ2v) is 6.05. The molecule has 98 valence electrons. The lowest BCUT2D eigenvalue weighted by Crippen LogP contribution is -2.13. The maximum Gasteiger partial charge on any atom is 0.257 e. The summed E-state index contributed by atoms with van der Waals surface area (Å²) in [5.41, 5.74) is 3.45. The number of hydrogen-bond donors (Lipinski definition) is 1. The van der Waals surface area contributed by atoms with Crippen molar-refractivity contribution in [2.75, 3.05) is 5.32 Å². The molecule has 0 radical (unpaired) electrons. The van der Waals surface area contributed by atoms with Crippen molar-refractivity contribution in [2.24, 2.45) is 0 Å². The zero-order valence-corrected chi connectivity index (χ0v) is 13.5. The monoisotopic (exact) mass is 385 g/mol. The molecule has 0 saturated carbocycles. The second-order valence-electron chi connectivity index (χ2n) is 4.40. The van der Waals surface area contributed by atoms with Gasteiger partial charge in [-0.05, 0) is 71.8 Å². The fraction of sp³-hybridized carbons (Fsp3) is 0.133. The van der Waals surface area contributed by atoms with Crippen molar-refractivity contribution in [1.29, 1.82) is 0 Å². The highest BCUT2D eigenvalue weighted by Gasteiger charge is 2.12. The van der Waals surface area contributed by atoms with Crippen LogP contribution in [-0.2, 0) is 0 Å². The van der Waals surface area contributed by atoms with E-state index in [-0.39, 0.29) is 5.91 Å². The predicted molar refractivity (Wildman–Crippen MR) is 88.0 cm³/mol. The number of carbonyl (C=O) groups excluding carboxylic acids is 1. The Hall–Kier alpha value is -1.07. The average Bonchev–Trinajstić information content (AvgIpc) is 2.36. The van der Waals surface area contributed by atoms with Crippen LogP contribution in [0.15, 0.2) is 36.4 Å². The van der Waals surface area contributed by atoms with Gasteiger partial charge in [0.15, 0.2) is 0 Å². The highest BCUT2D eigenvalue weighted by Crippen LogP contribution is 2.22. The molecule has 0 spiro atoms. The van der Waals surface area contributed by atoms with Gasteiger partial charge in [-0.1, -0.05) is 23.7 Å². The molecule has 0 aliphatic rings. The van der Waals surface area contributed by atoms with Gasteiger partial charge in [0, 0.05) is 9.26 Å². The minimum Gasteiger partial charge on any atom is -0.322 e. The molecule has 0 saturated heterocycles. The number of nitrogens with one attached hydrogen (secondary N) is 1. The van der Waals surface area contributed by atoms with E-state index in [1.54, 1.807) is 12.1 Å². The quantitative estimate of drug-likeness (QED) is 0.738. The summed E-state index contributed by atoms with van der Waals surface area (Å²) in [6.45, 7) is 3.96. The van der Waals surface area contributed by atoms with Crippen LogP contribution in [0.25, 0.3) is 0 Å². The number of amides is 1. The molecule has 0 fully saturated rings. The Bertz CT molecular complexity index is 640. The molecule has 2 aromatic carbocycles. The van der Waals surface area contributed by atoms with E-state index < -0.39 is 0 Å². The normalized spacial score (nSPS) is 10.3. The van der Waals surface area contributed by atoms with Gasteiger partial charge in [-0.15, -0.1) is 0 Å². The van der Waals surface area contributed by atoms with Gasteiger partial charge in [0.1, 0.15) is 0 Å². The van der Waals surface area contributed by atoms with E-state index in [9.17, 15) is 4.79 Å². The van der Waals surface area contributed by atoms with Gasteiger partial charge in [-0.25, -0.2) is 0 Å². The van der Waals surface area contributed by atoms with Gasteiger partial charge in [0.25, 0.3) is 5.91 Å². The third-order valence-electron chi connectivity index (χ3n) is 2.81. The van der Waals surface area contributed by atoms with Crippen LogP contribution in [0.3, 0.4) is 0 Å². The number of halogens is 2. The smallest absolute Gasteiger partial charge is 0.257 e. The highest BCUT2D eigenvalue weighted by atomic mass is 127. The standard InChI is InChI=1S/C15H13ClINO/c1-9-3-4-10(2)14(7-9)18-15(19)12-8-11(17)5-6-13(12)16/h3-8H,1-2H3,(H,18,19). The van der Waals surface area contributed by atoms with Crippen molar-refractivity contribution in [3.05, 3.63) is 61.7 Å². The van der Waals surface area contributed by atoms with E-state index in [2.05, 4.69) is 27.9 Å². The summed E-state index contributed by atoms with van der Waals surface area (Å²) in [7, 11) is 0. The summed E-state index contributed by atoms with van der Waals surface area (Å²) in [5, 5.41) is 3.37. The SMILES string of the molecule is Cc1ccc(C)c(NC(=O)c2cc(I)ccc2Cl)c1. The Kier molecular flexibility index (Phi) is 4.47. The van der Waals surface area contributed by atoms with Crippen LogP contribution in [0.1, 0.15) is 21.5 Å². The lowest BCUT2D eigenvalue weighted by Gasteiger charge is -2.10. The van der Waals surface area contributed by atoms with Crippen molar-refractivity contribution in [3.63, 3.8) is 0 Å². The minimum absolute atomic E-state index is 0.183. The van der Waals surface area contributed by atoms with Crippen LogP contribution in [0.2, 0.25) is 5.02 Å². The van der Waals surface area contributed by atoms with Crippen LogP contribution in [0, 0.1) is 17.4 Å². The topological polar surface area (TPSA) is 29.1 Å². The first kappa shape index (κ1) is 14.3. The summed E-state index contributed by atoms with van der Waals surface area (Å²) in [6, 6.07) is 11.3. The molecule has 19 heavy (non-hydrogen) atoms. The number of benzene rings is 2. The molecule has 2 aromatic rings. The van der Waals surface area contributed by atoms with Crippen molar-refractivity contribution in [2.45, 2.75) is 13.8 Å². The number of aryl methyl sites for hydroxylation is 2. The van der Waals surface area contributed by atoms with E-state index in [1.807, 2.05) is 38.1 Å². The molecule has 4 heteroatoms. The van der Waals surface area contributed by atoms with Gasteiger partial charge in [-0.2, -0.15) is 0 Å². The number of anilines is 1. The van der Waals surface area contributed by atoms with E-state index in [1.165, 1.54) is 0 Å². The molecule has 0 aromatic heterocycles. The van der Waals surface area contributed by atoms with Crippen LogP contribution in [-0.4, -0.2) is 5.91 Å². The molecule has 0 bridgehead atoms. The van der Waals surface area contributed by atoms with Crippen molar-refractivity contribution >= 4 is 45.8 Å². The molecule has 0 heterocycles. The summed E-state index contributed by atoms with van der Waals surface area (Å²) in [5.74, 6) is -0.183.